The first-order chi connectivity index (χ1) is 22.2. The Balaban J connectivity index is 1.17. The summed E-state index contributed by atoms with van der Waals surface area (Å²) in [7, 11) is 3.14. The van der Waals surface area contributed by atoms with E-state index in [-0.39, 0.29) is 29.7 Å². The number of benzene rings is 2. The van der Waals surface area contributed by atoms with E-state index in [1.54, 1.807) is 13.2 Å². The number of amides is 2. The van der Waals surface area contributed by atoms with E-state index in [9.17, 15) is 14.4 Å². The number of fused-ring (bicyclic) bond motifs is 1. The molecule has 2 aliphatic heterocycles. The quantitative estimate of drug-likeness (QED) is 0.325. The average Bonchev–Trinajstić information content (AvgIpc) is 3.46. The SMILES string of the molecule is COc1nc(-c2cccc(-c3cccc(NC(=O)c4ccnn(C)c4=O)c3C)c2Cl)cc2c1[C@@H](N1CC3(COCC(=O)N3)C1)CC2. The number of nitrogens with one attached hydrogen (secondary N) is 2. The monoisotopic (exact) mass is 640 g/mol. The van der Waals surface area contributed by atoms with Crippen molar-refractivity contribution in [1.82, 2.24) is 25.0 Å². The van der Waals surface area contributed by atoms with E-state index in [4.69, 9.17) is 26.1 Å². The van der Waals surface area contributed by atoms with Crippen LogP contribution in [0.5, 0.6) is 5.88 Å². The van der Waals surface area contributed by atoms with Gasteiger partial charge in [-0.1, -0.05) is 41.9 Å². The fourth-order valence-electron chi connectivity index (χ4n) is 6.94. The summed E-state index contributed by atoms with van der Waals surface area (Å²) in [6, 6.07) is 15.0. The van der Waals surface area contributed by atoms with Crippen molar-refractivity contribution in [1.29, 1.82) is 0 Å². The minimum atomic E-state index is -0.513. The molecule has 2 aromatic heterocycles. The van der Waals surface area contributed by atoms with Gasteiger partial charge >= 0.3 is 0 Å². The molecule has 0 saturated carbocycles. The summed E-state index contributed by atoms with van der Waals surface area (Å²) in [5, 5.41) is 10.4. The van der Waals surface area contributed by atoms with Crippen LogP contribution >= 0.6 is 11.6 Å². The van der Waals surface area contributed by atoms with Crippen molar-refractivity contribution in [2.45, 2.75) is 31.3 Å². The summed E-state index contributed by atoms with van der Waals surface area (Å²) in [4.78, 5) is 44.7. The normalized spacial score (nSPS) is 18.5. The lowest BCUT2D eigenvalue weighted by Crippen LogP contribution is -2.74. The maximum Gasteiger partial charge on any atom is 0.279 e. The van der Waals surface area contributed by atoms with Crippen LogP contribution in [-0.4, -0.2) is 70.4 Å². The number of aryl methyl sites for hydroxylation is 2. The molecule has 0 radical (unpaired) electrons. The van der Waals surface area contributed by atoms with Crippen LogP contribution in [0.25, 0.3) is 22.4 Å². The predicted molar refractivity (Wildman–Crippen MR) is 173 cm³/mol. The lowest BCUT2D eigenvalue weighted by Gasteiger charge is -2.54. The number of nitrogens with zero attached hydrogens (tertiary/aromatic N) is 4. The van der Waals surface area contributed by atoms with Crippen LogP contribution in [-0.2, 0) is 23.0 Å². The molecule has 4 aromatic rings. The number of carbonyl (C=O) groups excluding carboxylic acids is 2. The molecule has 2 fully saturated rings. The molecule has 4 heterocycles. The lowest BCUT2D eigenvalue weighted by molar-refractivity contribution is -0.145. The molecule has 0 bridgehead atoms. The Labute approximate surface area is 270 Å². The predicted octanol–water partition coefficient (Wildman–Crippen LogP) is 3.92. The van der Waals surface area contributed by atoms with Crippen molar-refractivity contribution in [3.8, 4) is 28.3 Å². The second kappa shape index (κ2) is 11.7. The number of rotatable bonds is 6. The average molecular weight is 641 g/mol. The first kappa shape index (κ1) is 30.1. The number of carbonyl (C=O) groups is 2. The van der Waals surface area contributed by atoms with Gasteiger partial charge in [0.1, 0.15) is 12.2 Å². The van der Waals surface area contributed by atoms with Gasteiger partial charge < -0.3 is 20.1 Å². The highest BCUT2D eigenvalue weighted by molar-refractivity contribution is 6.36. The van der Waals surface area contributed by atoms with Crippen LogP contribution in [0.15, 0.2) is 59.5 Å². The van der Waals surface area contributed by atoms with E-state index in [0.29, 0.717) is 28.9 Å². The van der Waals surface area contributed by atoms with Crippen molar-refractivity contribution in [3.63, 3.8) is 0 Å². The van der Waals surface area contributed by atoms with Crippen molar-refractivity contribution < 1.29 is 19.1 Å². The Kier molecular flexibility index (Phi) is 7.62. The second-order valence-electron chi connectivity index (χ2n) is 12.1. The molecule has 2 N–H and O–H groups in total. The molecule has 7 rings (SSSR count). The number of aromatic nitrogens is 3. The van der Waals surface area contributed by atoms with Crippen LogP contribution in [0.4, 0.5) is 5.69 Å². The van der Waals surface area contributed by atoms with E-state index in [1.165, 1.54) is 24.9 Å². The highest BCUT2D eigenvalue weighted by atomic mass is 35.5. The Morgan fingerprint density at radius 2 is 1.89 bits per heavy atom. The molecule has 2 amide bonds. The van der Waals surface area contributed by atoms with Gasteiger partial charge in [0.25, 0.3) is 11.5 Å². The summed E-state index contributed by atoms with van der Waals surface area (Å²) in [5.74, 6) is -0.00463. The third-order valence-corrected chi connectivity index (χ3v) is 9.60. The molecule has 0 unspecified atom stereocenters. The van der Waals surface area contributed by atoms with Crippen molar-refractivity contribution in [2.75, 3.05) is 38.7 Å². The number of methoxy groups -OCH3 is 1. The van der Waals surface area contributed by atoms with E-state index < -0.39 is 11.5 Å². The third kappa shape index (κ3) is 5.14. The van der Waals surface area contributed by atoms with Crippen molar-refractivity contribution in [3.05, 3.63) is 92.4 Å². The molecule has 3 aliphatic rings. The Hall–Kier alpha value is -4.58. The minimum absolute atomic E-state index is 0.00425. The van der Waals surface area contributed by atoms with Gasteiger partial charge in [-0.2, -0.15) is 5.10 Å². The number of likely N-dealkylation sites (tertiary alicyclic amines) is 1. The summed E-state index contributed by atoms with van der Waals surface area (Å²) in [6.07, 6.45) is 3.22. The maximum absolute atomic E-state index is 13.0. The molecule has 2 saturated heterocycles. The summed E-state index contributed by atoms with van der Waals surface area (Å²) in [5.41, 5.74) is 5.93. The molecule has 1 atom stereocenters. The molecule has 2 aromatic carbocycles. The molecule has 46 heavy (non-hydrogen) atoms. The highest BCUT2D eigenvalue weighted by Crippen LogP contribution is 2.47. The second-order valence-corrected chi connectivity index (χ2v) is 12.5. The lowest BCUT2D eigenvalue weighted by atomic mass is 9.87. The van der Waals surface area contributed by atoms with E-state index in [0.717, 1.165) is 58.4 Å². The molecule has 1 spiro atoms. The smallest absolute Gasteiger partial charge is 0.279 e. The fraction of sp³-hybridized carbons (Fsp3) is 0.324. The van der Waals surface area contributed by atoms with Gasteiger partial charge in [0.05, 0.1) is 30.0 Å². The summed E-state index contributed by atoms with van der Waals surface area (Å²) < 4.78 is 12.5. The van der Waals surface area contributed by atoms with Crippen LogP contribution in [0.3, 0.4) is 0 Å². The molecule has 236 valence electrons. The van der Waals surface area contributed by atoms with Gasteiger partial charge in [0.2, 0.25) is 11.8 Å². The van der Waals surface area contributed by atoms with E-state index in [2.05, 4.69) is 26.7 Å². The van der Waals surface area contributed by atoms with Gasteiger partial charge in [-0.3, -0.25) is 19.3 Å². The first-order valence-electron chi connectivity index (χ1n) is 15.1. The zero-order valence-electron chi connectivity index (χ0n) is 25.7. The van der Waals surface area contributed by atoms with Crippen LogP contribution in [0, 0.1) is 6.92 Å². The number of halogens is 1. The Morgan fingerprint density at radius 3 is 2.67 bits per heavy atom. The molecule has 1 aliphatic carbocycles. The Bertz CT molecular complexity index is 1950. The van der Waals surface area contributed by atoms with Gasteiger partial charge in [0, 0.05) is 54.8 Å². The zero-order chi connectivity index (χ0) is 32.2. The summed E-state index contributed by atoms with van der Waals surface area (Å²) in [6.45, 7) is 3.99. The zero-order valence-corrected chi connectivity index (χ0v) is 26.5. The van der Waals surface area contributed by atoms with Gasteiger partial charge in [-0.15, -0.1) is 0 Å². The van der Waals surface area contributed by atoms with Crippen LogP contribution < -0.4 is 20.9 Å². The summed E-state index contributed by atoms with van der Waals surface area (Å²) >= 11 is 7.12. The van der Waals surface area contributed by atoms with Gasteiger partial charge in [0.15, 0.2) is 0 Å². The number of hydrogen-bond donors (Lipinski definition) is 2. The number of ether oxygens (including phenoxy) is 2. The van der Waals surface area contributed by atoms with Crippen LogP contribution in [0.2, 0.25) is 5.02 Å². The number of pyridine rings is 1. The van der Waals surface area contributed by atoms with Crippen LogP contribution in [0.1, 0.15) is 39.5 Å². The maximum atomic E-state index is 13.0. The number of morpholine rings is 1. The van der Waals surface area contributed by atoms with Gasteiger partial charge in [-0.25, -0.2) is 9.67 Å². The largest absolute Gasteiger partial charge is 0.481 e. The topological polar surface area (TPSA) is 128 Å². The standard InChI is InChI=1S/C34H33ClN6O5/c1-19-21(6-5-9-25(19)37-31(43)24-12-13-36-40(2)33(24)44)22-7-4-8-23(30(22)35)26-14-20-10-11-27(29(20)32(38-26)45-3)41-16-34(17-41)18-46-15-28(42)39-34/h4-9,12-14,27H,10-11,15-18H2,1-3H3,(H,37,43)(H,39,42)/t27-/m0/s1. The molecule has 11 nitrogen and oxygen atoms in total. The highest BCUT2D eigenvalue weighted by Gasteiger charge is 2.50. The van der Waals surface area contributed by atoms with Crippen molar-refractivity contribution >= 4 is 29.1 Å². The van der Waals surface area contributed by atoms with Gasteiger partial charge in [-0.05, 0) is 54.7 Å². The molecular formula is C34H33ClN6O5. The molecular weight excluding hydrogens is 608 g/mol. The Morgan fingerprint density at radius 1 is 1.13 bits per heavy atom. The number of hydrogen-bond acceptors (Lipinski definition) is 8. The van der Waals surface area contributed by atoms with E-state index in [1.807, 2.05) is 37.3 Å². The minimum Gasteiger partial charge on any atom is -0.481 e. The van der Waals surface area contributed by atoms with E-state index >= 15 is 0 Å². The third-order valence-electron chi connectivity index (χ3n) is 9.19. The number of anilines is 1. The fourth-order valence-corrected chi connectivity index (χ4v) is 7.26. The van der Waals surface area contributed by atoms with Crippen molar-refractivity contribution in [2.24, 2.45) is 7.05 Å². The first-order valence-corrected chi connectivity index (χ1v) is 15.5. The molecule has 12 heteroatoms.